The van der Waals surface area contributed by atoms with Gasteiger partial charge in [0.25, 0.3) is 0 Å². The number of nitrogens with two attached hydrogens (primary N) is 1. The van der Waals surface area contributed by atoms with Crippen LogP contribution < -0.4 is 15.8 Å². The van der Waals surface area contributed by atoms with Crippen LogP contribution in [-0.4, -0.2) is 43.7 Å². The second-order valence-electron chi connectivity index (χ2n) is 5.63. The van der Waals surface area contributed by atoms with Crippen LogP contribution in [0, 0.1) is 0 Å². The third-order valence-electron chi connectivity index (χ3n) is 4.37. The molecule has 1 aromatic carbocycles. The molecule has 4 nitrogen and oxygen atoms in total. The maximum absolute atomic E-state index is 6.09. The van der Waals surface area contributed by atoms with E-state index in [9.17, 15) is 0 Å². The Morgan fingerprint density at radius 1 is 1.25 bits per heavy atom. The first-order valence-corrected chi connectivity index (χ1v) is 7.56. The zero-order valence-corrected chi connectivity index (χ0v) is 12.7. The predicted molar refractivity (Wildman–Crippen MR) is 84.4 cm³/mol. The molecular formula is C16H27N3O. The van der Waals surface area contributed by atoms with Gasteiger partial charge in [-0.2, -0.15) is 0 Å². The van der Waals surface area contributed by atoms with E-state index in [1.54, 1.807) is 7.11 Å². The van der Waals surface area contributed by atoms with Gasteiger partial charge in [-0.1, -0.05) is 6.92 Å². The lowest BCUT2D eigenvalue weighted by atomic mass is 9.90. The number of benzene rings is 1. The molecule has 112 valence electrons. The second-order valence-corrected chi connectivity index (χ2v) is 5.63. The molecule has 0 bridgehead atoms. The van der Waals surface area contributed by atoms with Gasteiger partial charge in [-0.3, -0.25) is 0 Å². The highest BCUT2D eigenvalue weighted by Crippen LogP contribution is 2.27. The van der Waals surface area contributed by atoms with Crippen LogP contribution >= 0.6 is 0 Å². The van der Waals surface area contributed by atoms with Crippen LogP contribution in [0.1, 0.15) is 26.2 Å². The lowest BCUT2D eigenvalue weighted by Crippen LogP contribution is -2.46. The standard InChI is InChI=1S/C16H27N3O/c1-3-19-11-4-9-16(13-17,10-12-19)18-14-5-7-15(20-2)8-6-14/h5-8,18H,3-4,9-13,17H2,1-2H3. The zero-order chi connectivity index (χ0) is 14.4. The second kappa shape index (κ2) is 6.95. The van der Waals surface area contributed by atoms with E-state index < -0.39 is 0 Å². The van der Waals surface area contributed by atoms with Crippen molar-refractivity contribution in [3.8, 4) is 5.75 Å². The lowest BCUT2D eigenvalue weighted by Gasteiger charge is -2.34. The average molecular weight is 277 g/mol. The molecule has 0 spiro atoms. The van der Waals surface area contributed by atoms with E-state index >= 15 is 0 Å². The first-order valence-electron chi connectivity index (χ1n) is 7.56. The van der Waals surface area contributed by atoms with Crippen molar-refractivity contribution in [1.82, 2.24) is 4.90 Å². The largest absolute Gasteiger partial charge is 0.497 e. The third kappa shape index (κ3) is 3.64. The third-order valence-corrected chi connectivity index (χ3v) is 4.37. The Hall–Kier alpha value is -1.26. The van der Waals surface area contributed by atoms with Gasteiger partial charge in [-0.25, -0.2) is 0 Å². The fourth-order valence-corrected chi connectivity index (χ4v) is 2.93. The van der Waals surface area contributed by atoms with Crippen molar-refractivity contribution in [3.05, 3.63) is 24.3 Å². The number of anilines is 1. The number of hydrogen-bond acceptors (Lipinski definition) is 4. The fourth-order valence-electron chi connectivity index (χ4n) is 2.93. The molecule has 0 amide bonds. The van der Waals surface area contributed by atoms with Crippen molar-refractivity contribution >= 4 is 5.69 Å². The summed E-state index contributed by atoms with van der Waals surface area (Å²) in [5.41, 5.74) is 7.25. The molecule has 1 fully saturated rings. The Morgan fingerprint density at radius 2 is 2.00 bits per heavy atom. The van der Waals surface area contributed by atoms with Crippen molar-refractivity contribution in [2.45, 2.75) is 31.7 Å². The van der Waals surface area contributed by atoms with Crippen LogP contribution in [0.15, 0.2) is 24.3 Å². The summed E-state index contributed by atoms with van der Waals surface area (Å²) >= 11 is 0. The van der Waals surface area contributed by atoms with Gasteiger partial charge in [0, 0.05) is 18.8 Å². The van der Waals surface area contributed by atoms with Crippen molar-refractivity contribution in [1.29, 1.82) is 0 Å². The summed E-state index contributed by atoms with van der Waals surface area (Å²) in [5.74, 6) is 0.885. The van der Waals surface area contributed by atoms with E-state index in [0.717, 1.165) is 37.4 Å². The molecule has 20 heavy (non-hydrogen) atoms. The molecule has 1 aliphatic rings. The van der Waals surface area contributed by atoms with E-state index in [-0.39, 0.29) is 5.54 Å². The number of ether oxygens (including phenoxy) is 1. The van der Waals surface area contributed by atoms with Crippen molar-refractivity contribution in [3.63, 3.8) is 0 Å². The number of rotatable bonds is 5. The van der Waals surface area contributed by atoms with Gasteiger partial charge in [0.15, 0.2) is 0 Å². The van der Waals surface area contributed by atoms with Crippen LogP contribution in [0.2, 0.25) is 0 Å². The molecule has 4 heteroatoms. The first-order chi connectivity index (χ1) is 9.71. The van der Waals surface area contributed by atoms with Crippen LogP contribution in [0.5, 0.6) is 5.75 Å². The van der Waals surface area contributed by atoms with Gasteiger partial charge in [0.2, 0.25) is 0 Å². The molecule has 0 aromatic heterocycles. The van der Waals surface area contributed by atoms with Crippen molar-refractivity contribution < 1.29 is 4.74 Å². The summed E-state index contributed by atoms with van der Waals surface area (Å²) in [4.78, 5) is 2.51. The van der Waals surface area contributed by atoms with E-state index in [1.807, 2.05) is 12.1 Å². The molecule has 1 heterocycles. The summed E-state index contributed by atoms with van der Waals surface area (Å²) in [6.45, 7) is 6.34. The summed E-state index contributed by atoms with van der Waals surface area (Å²) in [6.07, 6.45) is 3.43. The van der Waals surface area contributed by atoms with Gasteiger partial charge >= 0.3 is 0 Å². The van der Waals surface area contributed by atoms with E-state index in [2.05, 4.69) is 29.3 Å². The Bertz CT molecular complexity index is 407. The van der Waals surface area contributed by atoms with Gasteiger partial charge in [-0.05, 0) is 56.6 Å². The SMILES string of the molecule is CCN1CCCC(CN)(Nc2ccc(OC)cc2)CC1. The number of hydrogen-bond donors (Lipinski definition) is 2. The van der Waals surface area contributed by atoms with Crippen LogP contribution in [-0.2, 0) is 0 Å². The number of likely N-dealkylation sites (tertiary alicyclic amines) is 1. The summed E-state index contributed by atoms with van der Waals surface area (Å²) in [5, 5.41) is 3.67. The van der Waals surface area contributed by atoms with Gasteiger partial charge < -0.3 is 20.7 Å². The van der Waals surface area contributed by atoms with Crippen molar-refractivity contribution in [2.75, 3.05) is 38.6 Å². The zero-order valence-electron chi connectivity index (χ0n) is 12.7. The Labute approximate surface area is 122 Å². The van der Waals surface area contributed by atoms with Crippen LogP contribution in [0.25, 0.3) is 0 Å². The first kappa shape index (κ1) is 15.1. The maximum atomic E-state index is 6.09. The number of nitrogens with one attached hydrogen (secondary N) is 1. The topological polar surface area (TPSA) is 50.5 Å². The fraction of sp³-hybridized carbons (Fsp3) is 0.625. The van der Waals surface area contributed by atoms with E-state index in [4.69, 9.17) is 10.5 Å². The predicted octanol–water partition coefficient (Wildman–Crippen LogP) is 2.31. The lowest BCUT2D eigenvalue weighted by molar-refractivity contribution is 0.293. The Morgan fingerprint density at radius 3 is 2.60 bits per heavy atom. The molecule has 2 rings (SSSR count). The smallest absolute Gasteiger partial charge is 0.119 e. The minimum atomic E-state index is 0.0263. The van der Waals surface area contributed by atoms with Crippen LogP contribution in [0.3, 0.4) is 0 Å². The monoisotopic (exact) mass is 277 g/mol. The molecule has 0 aliphatic carbocycles. The molecule has 1 atom stereocenters. The van der Waals surface area contributed by atoms with Crippen LogP contribution in [0.4, 0.5) is 5.69 Å². The summed E-state index contributed by atoms with van der Waals surface area (Å²) in [6, 6.07) is 8.11. The Balaban J connectivity index is 2.06. The molecule has 1 aliphatic heterocycles. The summed E-state index contributed by atoms with van der Waals surface area (Å²) < 4.78 is 5.20. The maximum Gasteiger partial charge on any atom is 0.119 e. The Kier molecular flexibility index (Phi) is 5.26. The van der Waals surface area contributed by atoms with Crippen molar-refractivity contribution in [2.24, 2.45) is 5.73 Å². The minimum Gasteiger partial charge on any atom is -0.497 e. The molecular weight excluding hydrogens is 250 g/mol. The molecule has 0 saturated carbocycles. The molecule has 1 aromatic rings. The highest BCUT2D eigenvalue weighted by molar-refractivity contribution is 5.48. The quantitative estimate of drug-likeness (QED) is 0.867. The molecule has 1 saturated heterocycles. The number of nitrogens with zero attached hydrogens (tertiary/aromatic N) is 1. The van der Waals surface area contributed by atoms with Gasteiger partial charge in [0.1, 0.15) is 5.75 Å². The average Bonchev–Trinajstić information content (AvgIpc) is 2.71. The number of methoxy groups -OCH3 is 1. The highest BCUT2D eigenvalue weighted by Gasteiger charge is 2.30. The normalized spacial score (nSPS) is 24.1. The van der Waals surface area contributed by atoms with Gasteiger partial charge in [0.05, 0.1) is 12.6 Å². The van der Waals surface area contributed by atoms with E-state index in [0.29, 0.717) is 6.54 Å². The minimum absolute atomic E-state index is 0.0263. The molecule has 0 radical (unpaired) electrons. The van der Waals surface area contributed by atoms with E-state index in [1.165, 1.54) is 13.0 Å². The molecule has 3 N–H and O–H groups in total. The molecule has 1 unspecified atom stereocenters. The summed E-state index contributed by atoms with van der Waals surface area (Å²) in [7, 11) is 1.69. The highest BCUT2D eigenvalue weighted by atomic mass is 16.5. The van der Waals surface area contributed by atoms with Gasteiger partial charge in [-0.15, -0.1) is 0 Å².